The summed E-state index contributed by atoms with van der Waals surface area (Å²) in [5.41, 5.74) is 1.27. The molecule has 0 aliphatic carbocycles. The van der Waals surface area contributed by atoms with E-state index in [2.05, 4.69) is 0 Å². The van der Waals surface area contributed by atoms with Gasteiger partial charge in [-0.05, 0) is 50.2 Å². The lowest BCUT2D eigenvalue weighted by Gasteiger charge is -2.32. The number of hydrogen-bond acceptors (Lipinski definition) is 3. The quantitative estimate of drug-likeness (QED) is 0.833. The third-order valence-electron chi connectivity index (χ3n) is 4.79. The molecule has 132 valence electrons. The van der Waals surface area contributed by atoms with Crippen LogP contribution in [-0.2, 0) is 16.0 Å². The van der Waals surface area contributed by atoms with Crippen molar-refractivity contribution in [3.05, 3.63) is 35.4 Å². The molecule has 1 fully saturated rings. The van der Waals surface area contributed by atoms with Crippen LogP contribution in [0.1, 0.15) is 49.0 Å². The van der Waals surface area contributed by atoms with Crippen LogP contribution in [0.5, 0.6) is 0 Å². The molecule has 1 aliphatic heterocycles. The van der Waals surface area contributed by atoms with Gasteiger partial charge in [-0.2, -0.15) is 0 Å². The highest BCUT2D eigenvalue weighted by Crippen LogP contribution is 2.23. The molecular weight excluding hydrogens is 306 g/mol. The Balaban J connectivity index is 1.83. The van der Waals surface area contributed by atoms with E-state index >= 15 is 0 Å². The molecule has 1 aromatic rings. The summed E-state index contributed by atoms with van der Waals surface area (Å²) in [5.74, 6) is -0.398. The third-order valence-corrected chi connectivity index (χ3v) is 4.79. The van der Waals surface area contributed by atoms with E-state index in [4.69, 9.17) is 4.74 Å². The Morgan fingerprint density at radius 1 is 1.29 bits per heavy atom. The zero-order valence-electron chi connectivity index (χ0n) is 14.5. The van der Waals surface area contributed by atoms with Gasteiger partial charge in [-0.3, -0.25) is 4.79 Å². The van der Waals surface area contributed by atoms with Crippen molar-refractivity contribution in [2.24, 2.45) is 5.92 Å². The number of nitrogens with zero attached hydrogens (tertiary/aromatic N) is 1. The molecule has 1 saturated heterocycles. The van der Waals surface area contributed by atoms with E-state index in [0.717, 1.165) is 44.3 Å². The fourth-order valence-corrected chi connectivity index (χ4v) is 3.03. The number of carboxylic acid groups (broad SMARTS) is 1. The molecule has 1 aromatic carbocycles. The second-order valence-corrected chi connectivity index (χ2v) is 6.52. The molecule has 1 atom stereocenters. The summed E-state index contributed by atoms with van der Waals surface area (Å²) < 4.78 is 5.51. The van der Waals surface area contributed by atoms with E-state index in [0.29, 0.717) is 11.5 Å². The lowest BCUT2D eigenvalue weighted by molar-refractivity contribution is -0.139. The van der Waals surface area contributed by atoms with Crippen LogP contribution in [0.4, 0.5) is 0 Å². The number of carbonyl (C=O) groups is 2. The zero-order valence-corrected chi connectivity index (χ0v) is 14.5. The first-order chi connectivity index (χ1) is 11.5. The fourth-order valence-electron chi connectivity index (χ4n) is 3.03. The standard InChI is InChI=1S/C19H27NO4/c1-3-14(2)24-13-18(21)20-10-8-15(9-11-20)12-16-6-4-5-7-17(16)19(22)23/h4-7,14-15H,3,8-13H2,1-2H3,(H,22,23). The predicted octanol–water partition coefficient (Wildman–Crippen LogP) is 2.98. The van der Waals surface area contributed by atoms with Gasteiger partial charge in [-0.15, -0.1) is 0 Å². The maximum atomic E-state index is 12.2. The molecule has 1 aliphatic rings. The number of benzene rings is 1. The number of hydrogen-bond donors (Lipinski definition) is 1. The molecule has 1 unspecified atom stereocenters. The molecule has 0 saturated carbocycles. The summed E-state index contributed by atoms with van der Waals surface area (Å²) in [6, 6.07) is 7.18. The van der Waals surface area contributed by atoms with Gasteiger partial charge in [0.2, 0.25) is 5.91 Å². The molecule has 0 aromatic heterocycles. The topological polar surface area (TPSA) is 66.8 Å². The van der Waals surface area contributed by atoms with Gasteiger partial charge in [0.05, 0.1) is 11.7 Å². The average Bonchev–Trinajstić information content (AvgIpc) is 2.60. The minimum Gasteiger partial charge on any atom is -0.478 e. The number of amides is 1. The highest BCUT2D eigenvalue weighted by Gasteiger charge is 2.24. The predicted molar refractivity (Wildman–Crippen MR) is 92.1 cm³/mol. The second-order valence-electron chi connectivity index (χ2n) is 6.52. The summed E-state index contributed by atoms with van der Waals surface area (Å²) in [5, 5.41) is 9.27. The lowest BCUT2D eigenvalue weighted by atomic mass is 9.88. The highest BCUT2D eigenvalue weighted by molar-refractivity contribution is 5.89. The van der Waals surface area contributed by atoms with Gasteiger partial charge in [0, 0.05) is 13.1 Å². The van der Waals surface area contributed by atoms with E-state index in [1.807, 2.05) is 30.9 Å². The summed E-state index contributed by atoms with van der Waals surface area (Å²) in [4.78, 5) is 25.3. The van der Waals surface area contributed by atoms with Gasteiger partial charge >= 0.3 is 5.97 Å². The Morgan fingerprint density at radius 3 is 2.58 bits per heavy atom. The summed E-state index contributed by atoms with van der Waals surface area (Å²) in [7, 11) is 0. The number of carboxylic acids is 1. The van der Waals surface area contributed by atoms with Crippen molar-refractivity contribution in [2.45, 2.75) is 45.6 Å². The van der Waals surface area contributed by atoms with Crippen LogP contribution >= 0.6 is 0 Å². The number of carbonyl (C=O) groups excluding carboxylic acids is 1. The summed E-state index contributed by atoms with van der Waals surface area (Å²) in [6.45, 7) is 5.61. The third kappa shape index (κ3) is 5.06. The van der Waals surface area contributed by atoms with E-state index in [1.165, 1.54) is 0 Å². The Morgan fingerprint density at radius 2 is 1.96 bits per heavy atom. The molecule has 0 bridgehead atoms. The van der Waals surface area contributed by atoms with Gasteiger partial charge in [0.1, 0.15) is 6.61 Å². The smallest absolute Gasteiger partial charge is 0.335 e. The van der Waals surface area contributed by atoms with Crippen molar-refractivity contribution in [3.8, 4) is 0 Å². The van der Waals surface area contributed by atoms with Crippen LogP contribution in [0.25, 0.3) is 0 Å². The average molecular weight is 333 g/mol. The first-order valence-corrected chi connectivity index (χ1v) is 8.71. The molecule has 1 heterocycles. The second kappa shape index (κ2) is 8.83. The summed E-state index contributed by atoms with van der Waals surface area (Å²) >= 11 is 0. The number of aromatic carboxylic acids is 1. The van der Waals surface area contributed by atoms with E-state index < -0.39 is 5.97 Å². The molecule has 24 heavy (non-hydrogen) atoms. The molecule has 1 amide bonds. The largest absolute Gasteiger partial charge is 0.478 e. The van der Waals surface area contributed by atoms with E-state index in [1.54, 1.807) is 12.1 Å². The van der Waals surface area contributed by atoms with Crippen LogP contribution in [0.2, 0.25) is 0 Å². The van der Waals surface area contributed by atoms with Crippen LogP contribution in [0.15, 0.2) is 24.3 Å². The molecule has 1 N–H and O–H groups in total. The Labute approximate surface area is 143 Å². The molecule has 0 radical (unpaired) electrons. The van der Waals surface area contributed by atoms with E-state index in [-0.39, 0.29) is 18.6 Å². The number of ether oxygens (including phenoxy) is 1. The Hall–Kier alpha value is -1.88. The fraction of sp³-hybridized carbons (Fsp3) is 0.579. The van der Waals surface area contributed by atoms with Crippen LogP contribution in [0.3, 0.4) is 0 Å². The SMILES string of the molecule is CCC(C)OCC(=O)N1CCC(Cc2ccccc2C(=O)O)CC1. The molecule has 5 heteroatoms. The number of likely N-dealkylation sites (tertiary alicyclic amines) is 1. The van der Waals surface area contributed by atoms with Crippen molar-refractivity contribution < 1.29 is 19.4 Å². The first-order valence-electron chi connectivity index (χ1n) is 8.71. The first kappa shape index (κ1) is 18.5. The zero-order chi connectivity index (χ0) is 17.5. The molecule has 0 spiro atoms. The van der Waals surface area contributed by atoms with Crippen molar-refractivity contribution in [1.82, 2.24) is 4.90 Å². The molecular formula is C19H27NO4. The number of rotatable bonds is 7. The highest BCUT2D eigenvalue weighted by atomic mass is 16.5. The van der Waals surface area contributed by atoms with Gasteiger partial charge in [0.15, 0.2) is 0 Å². The van der Waals surface area contributed by atoms with Gasteiger partial charge < -0.3 is 14.7 Å². The Bertz CT molecular complexity index is 564. The van der Waals surface area contributed by atoms with Crippen molar-refractivity contribution >= 4 is 11.9 Å². The van der Waals surface area contributed by atoms with Gasteiger partial charge in [0.25, 0.3) is 0 Å². The summed E-state index contributed by atoms with van der Waals surface area (Å²) in [6.07, 6.45) is 3.58. The maximum Gasteiger partial charge on any atom is 0.335 e. The Kier molecular flexibility index (Phi) is 6.79. The van der Waals surface area contributed by atoms with E-state index in [9.17, 15) is 14.7 Å². The van der Waals surface area contributed by atoms with Crippen LogP contribution < -0.4 is 0 Å². The van der Waals surface area contributed by atoms with Crippen molar-refractivity contribution in [1.29, 1.82) is 0 Å². The maximum absolute atomic E-state index is 12.2. The van der Waals surface area contributed by atoms with Crippen LogP contribution in [0, 0.1) is 5.92 Å². The number of piperidine rings is 1. The molecule has 5 nitrogen and oxygen atoms in total. The minimum absolute atomic E-state index is 0.0553. The molecule has 2 rings (SSSR count). The van der Waals surface area contributed by atoms with Crippen molar-refractivity contribution in [2.75, 3.05) is 19.7 Å². The normalized spacial score (nSPS) is 16.8. The van der Waals surface area contributed by atoms with Crippen LogP contribution in [-0.4, -0.2) is 47.7 Å². The van der Waals surface area contributed by atoms with Gasteiger partial charge in [-0.25, -0.2) is 4.79 Å². The lowest BCUT2D eigenvalue weighted by Crippen LogP contribution is -2.41. The van der Waals surface area contributed by atoms with Crippen molar-refractivity contribution in [3.63, 3.8) is 0 Å². The van der Waals surface area contributed by atoms with Gasteiger partial charge in [-0.1, -0.05) is 25.1 Å². The monoisotopic (exact) mass is 333 g/mol. The minimum atomic E-state index is -0.875.